The van der Waals surface area contributed by atoms with Crippen LogP contribution in [0.3, 0.4) is 0 Å². The van der Waals surface area contributed by atoms with Crippen molar-refractivity contribution in [3.8, 4) is 0 Å². The number of aromatic nitrogens is 2. The normalized spacial score (nSPS) is 10.7. The van der Waals surface area contributed by atoms with E-state index >= 15 is 0 Å². The summed E-state index contributed by atoms with van der Waals surface area (Å²) in [5.41, 5.74) is 1.47. The van der Waals surface area contributed by atoms with Crippen LogP contribution in [0.1, 0.15) is 0 Å². The van der Waals surface area contributed by atoms with Crippen LogP contribution in [0.5, 0.6) is 0 Å². The summed E-state index contributed by atoms with van der Waals surface area (Å²) in [7, 11) is 0. The second-order valence-corrected chi connectivity index (χ2v) is 4.42. The van der Waals surface area contributed by atoms with Crippen LogP contribution in [-0.2, 0) is 11.3 Å². The van der Waals surface area contributed by atoms with Gasteiger partial charge in [-0.05, 0) is 30.3 Å². The third kappa shape index (κ3) is 2.51. The fraction of sp³-hybridized carbons (Fsp3) is 0.0667. The maximum absolute atomic E-state index is 12.8. The molecule has 2 aromatic carbocycles. The lowest BCUT2D eigenvalue weighted by Crippen LogP contribution is -2.19. The van der Waals surface area contributed by atoms with Gasteiger partial charge in [-0.3, -0.25) is 9.48 Å². The summed E-state index contributed by atoms with van der Waals surface area (Å²) < 4.78 is 14.4. The Hall–Kier alpha value is -2.69. The molecule has 0 aliphatic rings. The molecule has 4 nitrogen and oxygen atoms in total. The lowest BCUT2D eigenvalue weighted by Gasteiger charge is -2.06. The van der Waals surface area contributed by atoms with Crippen LogP contribution >= 0.6 is 0 Å². The fourth-order valence-corrected chi connectivity index (χ4v) is 2.02. The largest absolute Gasteiger partial charge is 0.324 e. The number of fused-ring (bicyclic) bond motifs is 1. The van der Waals surface area contributed by atoms with E-state index < -0.39 is 0 Å². The number of benzene rings is 2. The molecule has 20 heavy (non-hydrogen) atoms. The number of anilines is 1. The third-order valence-electron chi connectivity index (χ3n) is 2.97. The first-order chi connectivity index (χ1) is 9.72. The van der Waals surface area contributed by atoms with Crippen LogP contribution in [0.4, 0.5) is 10.1 Å². The average molecular weight is 269 g/mol. The highest BCUT2D eigenvalue weighted by molar-refractivity contribution is 5.91. The van der Waals surface area contributed by atoms with Gasteiger partial charge in [0, 0.05) is 11.1 Å². The second-order valence-electron chi connectivity index (χ2n) is 4.42. The molecule has 0 aliphatic carbocycles. The highest BCUT2D eigenvalue weighted by atomic mass is 19.1. The Morgan fingerprint density at radius 2 is 1.90 bits per heavy atom. The number of nitrogens with one attached hydrogen (secondary N) is 1. The summed E-state index contributed by atoms with van der Waals surface area (Å²) in [5, 5.41) is 7.88. The molecule has 0 unspecified atom stereocenters. The third-order valence-corrected chi connectivity index (χ3v) is 2.97. The van der Waals surface area contributed by atoms with E-state index in [0.29, 0.717) is 5.69 Å². The zero-order valence-corrected chi connectivity index (χ0v) is 10.6. The molecule has 5 heteroatoms. The van der Waals surface area contributed by atoms with E-state index in [1.165, 1.54) is 24.3 Å². The van der Waals surface area contributed by atoms with E-state index in [-0.39, 0.29) is 18.3 Å². The minimum atomic E-state index is -0.332. The molecule has 0 spiro atoms. The highest BCUT2D eigenvalue weighted by Gasteiger charge is 2.07. The van der Waals surface area contributed by atoms with Gasteiger partial charge in [0.05, 0.1) is 11.7 Å². The molecule has 1 N–H and O–H groups in total. The molecular weight excluding hydrogens is 257 g/mol. The molecule has 100 valence electrons. The molecule has 0 fully saturated rings. The Balaban J connectivity index is 1.74. The van der Waals surface area contributed by atoms with Crippen LogP contribution < -0.4 is 5.32 Å². The van der Waals surface area contributed by atoms with Crippen molar-refractivity contribution in [2.45, 2.75) is 6.54 Å². The number of para-hydroxylation sites is 1. The van der Waals surface area contributed by atoms with Crippen molar-refractivity contribution in [3.05, 3.63) is 60.5 Å². The Kier molecular flexibility index (Phi) is 3.16. The molecule has 1 amide bonds. The zero-order chi connectivity index (χ0) is 13.9. The first kappa shape index (κ1) is 12.3. The van der Waals surface area contributed by atoms with Crippen molar-refractivity contribution in [1.82, 2.24) is 9.78 Å². The number of hydrogen-bond acceptors (Lipinski definition) is 2. The average Bonchev–Trinajstić information content (AvgIpc) is 2.85. The van der Waals surface area contributed by atoms with Gasteiger partial charge < -0.3 is 5.32 Å². The number of carbonyl (C=O) groups is 1. The quantitative estimate of drug-likeness (QED) is 0.794. The van der Waals surface area contributed by atoms with Crippen molar-refractivity contribution < 1.29 is 9.18 Å². The van der Waals surface area contributed by atoms with Gasteiger partial charge in [-0.25, -0.2) is 4.39 Å². The van der Waals surface area contributed by atoms with Gasteiger partial charge in [0.1, 0.15) is 12.4 Å². The van der Waals surface area contributed by atoms with E-state index in [0.717, 1.165) is 10.9 Å². The van der Waals surface area contributed by atoms with Crippen molar-refractivity contribution in [2.75, 3.05) is 5.32 Å². The smallest absolute Gasteiger partial charge is 0.246 e. The van der Waals surface area contributed by atoms with Gasteiger partial charge >= 0.3 is 0 Å². The van der Waals surface area contributed by atoms with Gasteiger partial charge in [-0.15, -0.1) is 0 Å². The molecule has 0 bridgehead atoms. The van der Waals surface area contributed by atoms with E-state index in [2.05, 4.69) is 10.4 Å². The lowest BCUT2D eigenvalue weighted by molar-refractivity contribution is -0.116. The number of nitrogens with zero attached hydrogens (tertiary/aromatic N) is 2. The van der Waals surface area contributed by atoms with Crippen molar-refractivity contribution in [1.29, 1.82) is 0 Å². The predicted octanol–water partition coefficient (Wildman–Crippen LogP) is 2.81. The Bertz CT molecular complexity index is 749. The molecule has 3 rings (SSSR count). The molecule has 0 saturated carbocycles. The maximum atomic E-state index is 12.8. The highest BCUT2D eigenvalue weighted by Crippen LogP contribution is 2.13. The standard InChI is InChI=1S/C15H12FN3O/c16-12-5-7-13(8-6-12)18-15(20)10-19-14-4-2-1-3-11(14)9-17-19/h1-9H,10H2,(H,18,20). The molecule has 0 atom stereocenters. The second kappa shape index (κ2) is 5.13. The summed E-state index contributed by atoms with van der Waals surface area (Å²) in [4.78, 5) is 11.9. The van der Waals surface area contributed by atoms with Gasteiger partial charge in [0.2, 0.25) is 5.91 Å². The van der Waals surface area contributed by atoms with Crippen LogP contribution in [0, 0.1) is 5.82 Å². The summed E-state index contributed by atoms with van der Waals surface area (Å²) in [6.07, 6.45) is 1.72. The Morgan fingerprint density at radius 3 is 2.70 bits per heavy atom. The van der Waals surface area contributed by atoms with E-state index in [4.69, 9.17) is 0 Å². The minimum Gasteiger partial charge on any atom is -0.324 e. The van der Waals surface area contributed by atoms with Crippen LogP contribution in [0.25, 0.3) is 10.9 Å². The monoisotopic (exact) mass is 269 g/mol. The van der Waals surface area contributed by atoms with E-state index in [1.807, 2.05) is 24.3 Å². The minimum absolute atomic E-state index is 0.116. The van der Waals surface area contributed by atoms with Crippen molar-refractivity contribution in [2.24, 2.45) is 0 Å². The topological polar surface area (TPSA) is 46.9 Å². The molecule has 0 saturated heterocycles. The summed E-state index contributed by atoms with van der Waals surface area (Å²) in [6.45, 7) is 0.116. The van der Waals surface area contributed by atoms with Gasteiger partial charge in [0.15, 0.2) is 0 Å². The lowest BCUT2D eigenvalue weighted by atomic mass is 10.2. The zero-order valence-electron chi connectivity index (χ0n) is 10.6. The number of halogens is 1. The number of rotatable bonds is 3. The Morgan fingerprint density at radius 1 is 1.15 bits per heavy atom. The van der Waals surface area contributed by atoms with Gasteiger partial charge in [-0.1, -0.05) is 18.2 Å². The van der Waals surface area contributed by atoms with E-state index in [9.17, 15) is 9.18 Å². The Labute approximate surface area is 114 Å². The first-order valence-electron chi connectivity index (χ1n) is 6.18. The summed E-state index contributed by atoms with van der Waals surface area (Å²) >= 11 is 0. The summed E-state index contributed by atoms with van der Waals surface area (Å²) in [5.74, 6) is -0.536. The molecule has 1 heterocycles. The SMILES string of the molecule is O=C(Cn1ncc2ccccc21)Nc1ccc(F)cc1. The van der Waals surface area contributed by atoms with Crippen molar-refractivity contribution in [3.63, 3.8) is 0 Å². The maximum Gasteiger partial charge on any atom is 0.246 e. The summed E-state index contributed by atoms with van der Waals surface area (Å²) in [6, 6.07) is 13.3. The molecule has 1 aromatic heterocycles. The van der Waals surface area contributed by atoms with E-state index in [1.54, 1.807) is 10.9 Å². The van der Waals surface area contributed by atoms with Crippen LogP contribution in [0.15, 0.2) is 54.7 Å². The van der Waals surface area contributed by atoms with Crippen molar-refractivity contribution >= 4 is 22.5 Å². The fourth-order valence-electron chi connectivity index (χ4n) is 2.02. The number of hydrogen-bond donors (Lipinski definition) is 1. The van der Waals surface area contributed by atoms with Gasteiger partial charge in [-0.2, -0.15) is 5.10 Å². The van der Waals surface area contributed by atoms with Crippen LogP contribution in [-0.4, -0.2) is 15.7 Å². The number of carbonyl (C=O) groups excluding carboxylic acids is 1. The predicted molar refractivity (Wildman–Crippen MR) is 74.8 cm³/mol. The molecular formula is C15H12FN3O. The van der Waals surface area contributed by atoms with Gasteiger partial charge in [0.25, 0.3) is 0 Å². The molecule has 0 aliphatic heterocycles. The molecule has 3 aromatic rings. The molecule has 0 radical (unpaired) electrons. The number of amides is 1. The first-order valence-corrected chi connectivity index (χ1v) is 6.18. The van der Waals surface area contributed by atoms with Crippen LogP contribution in [0.2, 0.25) is 0 Å².